The summed E-state index contributed by atoms with van der Waals surface area (Å²) < 4.78 is 26.2. The lowest BCUT2D eigenvalue weighted by Gasteiger charge is -2.08. The molecule has 0 spiro atoms. The predicted molar refractivity (Wildman–Crippen MR) is 87.1 cm³/mol. The van der Waals surface area contributed by atoms with Crippen molar-refractivity contribution in [1.82, 2.24) is 15.4 Å². The summed E-state index contributed by atoms with van der Waals surface area (Å²) in [4.78, 5) is 21.1. The van der Waals surface area contributed by atoms with E-state index in [4.69, 9.17) is 0 Å². The van der Waals surface area contributed by atoms with Gasteiger partial charge in [-0.25, -0.2) is 13.1 Å². The second-order valence-corrected chi connectivity index (χ2v) is 6.12. The summed E-state index contributed by atoms with van der Waals surface area (Å²) in [6, 6.07) is 4.75. The number of hydrogen-bond acceptors (Lipinski definition) is 6. The molecule has 0 saturated heterocycles. The molecule has 0 aliphatic heterocycles. The first-order valence-electron chi connectivity index (χ1n) is 6.52. The zero-order chi connectivity index (χ0) is 16.6. The lowest BCUT2D eigenvalue weighted by molar-refractivity contribution is -0.385. The third kappa shape index (κ3) is 7.37. The Morgan fingerprint density at radius 1 is 1.26 bits per heavy atom. The Labute approximate surface area is 140 Å². The molecule has 0 radical (unpaired) electrons. The van der Waals surface area contributed by atoms with Crippen molar-refractivity contribution in [3.63, 3.8) is 0 Å². The fourth-order valence-electron chi connectivity index (χ4n) is 1.56. The maximum absolute atomic E-state index is 12.0. The Morgan fingerprint density at radius 2 is 1.96 bits per heavy atom. The zero-order valence-electron chi connectivity index (χ0n) is 12.4. The summed E-state index contributed by atoms with van der Waals surface area (Å²) in [7, 11) is -2.13. The highest BCUT2D eigenvalue weighted by molar-refractivity contribution is 7.89. The summed E-state index contributed by atoms with van der Waals surface area (Å²) >= 11 is 0. The summed E-state index contributed by atoms with van der Waals surface area (Å²) in [5.41, 5.74) is -0.303. The lowest BCUT2D eigenvalue weighted by Crippen LogP contribution is -2.35. The van der Waals surface area contributed by atoms with Crippen LogP contribution in [0.15, 0.2) is 29.2 Å². The van der Waals surface area contributed by atoms with E-state index >= 15 is 0 Å². The van der Waals surface area contributed by atoms with E-state index < -0.39 is 14.9 Å². The van der Waals surface area contributed by atoms with Crippen LogP contribution in [0.25, 0.3) is 0 Å². The van der Waals surface area contributed by atoms with Gasteiger partial charge in [-0.05, 0) is 13.1 Å². The molecule has 0 unspecified atom stereocenters. The standard InChI is InChI=1S/C12H18N4O5S.ClH/c1-13-6-5-12(17)14-7-8-15-22(20,21)11-4-2-3-10(9-11)16(18)19;/h2-4,9,13,15H,5-8H2,1H3,(H,14,17);1H. The van der Waals surface area contributed by atoms with Gasteiger partial charge in [-0.3, -0.25) is 14.9 Å². The number of amides is 1. The first-order valence-corrected chi connectivity index (χ1v) is 8.00. The molecule has 23 heavy (non-hydrogen) atoms. The molecule has 1 aromatic rings. The normalized spacial score (nSPS) is 10.7. The molecule has 130 valence electrons. The van der Waals surface area contributed by atoms with Crippen molar-refractivity contribution in [3.05, 3.63) is 34.4 Å². The van der Waals surface area contributed by atoms with Crippen molar-refractivity contribution in [2.24, 2.45) is 0 Å². The average molecular weight is 367 g/mol. The van der Waals surface area contributed by atoms with Crippen molar-refractivity contribution in [2.45, 2.75) is 11.3 Å². The molecule has 1 aromatic carbocycles. The van der Waals surface area contributed by atoms with E-state index in [-0.39, 0.29) is 42.0 Å². The summed E-state index contributed by atoms with van der Waals surface area (Å²) in [6.45, 7) is 0.665. The molecule has 9 nitrogen and oxygen atoms in total. The molecule has 3 N–H and O–H groups in total. The second kappa shape index (κ2) is 10.1. The highest BCUT2D eigenvalue weighted by atomic mass is 35.5. The molecule has 0 aromatic heterocycles. The van der Waals surface area contributed by atoms with Gasteiger partial charge in [-0.15, -0.1) is 12.4 Å². The molecular weight excluding hydrogens is 348 g/mol. The minimum Gasteiger partial charge on any atom is -0.355 e. The van der Waals surface area contributed by atoms with Crippen molar-refractivity contribution in [1.29, 1.82) is 0 Å². The van der Waals surface area contributed by atoms with E-state index in [0.717, 1.165) is 6.07 Å². The third-order valence-corrected chi connectivity index (χ3v) is 4.14. The fraction of sp³-hybridized carbons (Fsp3) is 0.417. The van der Waals surface area contributed by atoms with Gasteiger partial charge in [0.2, 0.25) is 15.9 Å². The van der Waals surface area contributed by atoms with Crippen LogP contribution in [0.1, 0.15) is 6.42 Å². The lowest BCUT2D eigenvalue weighted by atomic mass is 10.3. The van der Waals surface area contributed by atoms with Gasteiger partial charge in [0.05, 0.1) is 9.82 Å². The van der Waals surface area contributed by atoms with Crippen LogP contribution in [-0.2, 0) is 14.8 Å². The fourth-order valence-corrected chi connectivity index (χ4v) is 2.63. The Balaban J connectivity index is 0.00000484. The van der Waals surface area contributed by atoms with Crippen LogP contribution < -0.4 is 15.4 Å². The molecule has 0 atom stereocenters. The van der Waals surface area contributed by atoms with Gasteiger partial charge < -0.3 is 10.6 Å². The van der Waals surface area contributed by atoms with Crippen molar-refractivity contribution >= 4 is 34.0 Å². The number of benzene rings is 1. The highest BCUT2D eigenvalue weighted by Crippen LogP contribution is 2.16. The van der Waals surface area contributed by atoms with Gasteiger partial charge >= 0.3 is 0 Å². The minimum absolute atomic E-state index is 0. The number of nitro groups is 1. The number of sulfonamides is 1. The Kier molecular flexibility index (Phi) is 9.34. The molecule has 0 saturated carbocycles. The summed E-state index contributed by atoms with van der Waals surface area (Å²) in [5, 5.41) is 16.0. The molecule has 0 aliphatic carbocycles. The first-order chi connectivity index (χ1) is 10.4. The molecule has 0 bridgehead atoms. The maximum Gasteiger partial charge on any atom is 0.270 e. The Bertz CT molecular complexity index is 638. The first kappa shape index (κ1) is 21.2. The average Bonchev–Trinajstić information content (AvgIpc) is 2.49. The number of nitrogens with one attached hydrogen (secondary N) is 3. The van der Waals surface area contributed by atoms with Gasteiger partial charge in [0.15, 0.2) is 0 Å². The SMILES string of the molecule is CNCCC(=O)NCCNS(=O)(=O)c1cccc([N+](=O)[O-])c1.Cl. The topological polar surface area (TPSA) is 130 Å². The van der Waals surface area contributed by atoms with Crippen LogP contribution in [0.3, 0.4) is 0 Å². The maximum atomic E-state index is 12.0. The molecule has 1 amide bonds. The number of halogens is 1. The smallest absolute Gasteiger partial charge is 0.270 e. The van der Waals surface area contributed by atoms with Gasteiger partial charge in [0.25, 0.3) is 5.69 Å². The molecule has 1 rings (SSSR count). The van der Waals surface area contributed by atoms with Crippen molar-refractivity contribution < 1.29 is 18.1 Å². The van der Waals surface area contributed by atoms with Crippen LogP contribution in [0.4, 0.5) is 5.69 Å². The zero-order valence-corrected chi connectivity index (χ0v) is 14.1. The van der Waals surface area contributed by atoms with E-state index in [0.29, 0.717) is 13.0 Å². The molecular formula is C12H19ClN4O5S. The number of nitro benzene ring substituents is 1. The number of non-ortho nitro benzene ring substituents is 1. The van der Waals surface area contributed by atoms with Crippen LogP contribution in [0.2, 0.25) is 0 Å². The molecule has 11 heteroatoms. The van der Waals surface area contributed by atoms with Gasteiger partial charge in [0.1, 0.15) is 0 Å². The Hall–Kier alpha value is -1.75. The molecule has 0 aliphatic rings. The van der Waals surface area contributed by atoms with Gasteiger partial charge in [-0.2, -0.15) is 0 Å². The minimum atomic E-state index is -3.85. The van der Waals surface area contributed by atoms with Crippen LogP contribution >= 0.6 is 12.4 Å². The van der Waals surface area contributed by atoms with Crippen LogP contribution in [0.5, 0.6) is 0 Å². The highest BCUT2D eigenvalue weighted by Gasteiger charge is 2.17. The number of carbonyl (C=O) groups is 1. The van der Waals surface area contributed by atoms with Crippen molar-refractivity contribution in [2.75, 3.05) is 26.7 Å². The van der Waals surface area contributed by atoms with E-state index in [2.05, 4.69) is 15.4 Å². The largest absolute Gasteiger partial charge is 0.355 e. The summed E-state index contributed by atoms with van der Waals surface area (Å²) in [6.07, 6.45) is 0.300. The van der Waals surface area contributed by atoms with E-state index in [1.165, 1.54) is 18.2 Å². The second-order valence-electron chi connectivity index (χ2n) is 4.36. The third-order valence-electron chi connectivity index (χ3n) is 2.68. The van der Waals surface area contributed by atoms with Gasteiger partial charge in [-0.1, -0.05) is 6.07 Å². The van der Waals surface area contributed by atoms with E-state index in [9.17, 15) is 23.3 Å². The number of nitrogens with zero attached hydrogens (tertiary/aromatic N) is 1. The van der Waals surface area contributed by atoms with E-state index in [1.807, 2.05) is 0 Å². The monoisotopic (exact) mass is 366 g/mol. The van der Waals surface area contributed by atoms with E-state index in [1.54, 1.807) is 7.05 Å². The molecule has 0 fully saturated rings. The number of hydrogen-bond donors (Lipinski definition) is 3. The van der Waals surface area contributed by atoms with Crippen LogP contribution in [0, 0.1) is 10.1 Å². The predicted octanol–water partition coefficient (Wildman–Crippen LogP) is 0.0206. The number of rotatable bonds is 9. The van der Waals surface area contributed by atoms with Crippen molar-refractivity contribution in [3.8, 4) is 0 Å². The number of carbonyl (C=O) groups excluding carboxylic acids is 1. The van der Waals surface area contributed by atoms with Crippen LogP contribution in [-0.4, -0.2) is 45.9 Å². The Morgan fingerprint density at radius 3 is 2.57 bits per heavy atom. The van der Waals surface area contributed by atoms with Gasteiger partial charge in [0, 0.05) is 38.2 Å². The molecule has 0 heterocycles. The summed E-state index contributed by atoms with van der Waals surface area (Å²) in [5.74, 6) is -0.191. The quantitative estimate of drug-likeness (QED) is 0.321.